The molecule has 4 rings (SSSR count). The van der Waals surface area contributed by atoms with Gasteiger partial charge >= 0.3 is 0 Å². The van der Waals surface area contributed by atoms with Gasteiger partial charge in [0.1, 0.15) is 5.82 Å². The van der Waals surface area contributed by atoms with E-state index in [1.807, 2.05) is 42.5 Å². The number of hydrogen-bond donors (Lipinski definition) is 2. The lowest BCUT2D eigenvalue weighted by Crippen LogP contribution is -2.44. The number of benzene rings is 2. The van der Waals surface area contributed by atoms with E-state index in [0.717, 1.165) is 37.6 Å². The second kappa shape index (κ2) is 8.92. The average molecular weight is 409 g/mol. The van der Waals surface area contributed by atoms with Gasteiger partial charge in [-0.15, -0.1) is 0 Å². The Morgan fingerprint density at radius 1 is 1.00 bits per heavy atom. The Kier molecular flexibility index (Phi) is 5.90. The van der Waals surface area contributed by atoms with Gasteiger partial charge in [-0.25, -0.2) is 4.98 Å². The van der Waals surface area contributed by atoms with Gasteiger partial charge in [0.15, 0.2) is 5.69 Å². The summed E-state index contributed by atoms with van der Waals surface area (Å²) in [4.78, 5) is 26.3. The van der Waals surface area contributed by atoms with Crippen molar-refractivity contribution in [2.75, 3.05) is 48.8 Å². The number of nitrogens with zero attached hydrogens (tertiary/aromatic N) is 4. The number of carbonyl (C=O) groups is 1. The summed E-state index contributed by atoms with van der Waals surface area (Å²) in [6, 6.07) is 17.6. The highest BCUT2D eigenvalue weighted by molar-refractivity contribution is 6.03. The summed E-state index contributed by atoms with van der Waals surface area (Å²) in [7, 11) is 2.15. The highest BCUT2D eigenvalue weighted by atomic mass is 16.1. The Morgan fingerprint density at radius 2 is 1.73 bits per heavy atom. The van der Waals surface area contributed by atoms with Crippen molar-refractivity contribution in [3.63, 3.8) is 0 Å². The van der Waals surface area contributed by atoms with Crippen LogP contribution < -0.4 is 15.5 Å². The van der Waals surface area contributed by atoms with Gasteiger partial charge < -0.3 is 20.4 Å². The van der Waals surface area contributed by atoms with Crippen LogP contribution in [0.2, 0.25) is 0 Å². The number of rotatable bonds is 5. The molecule has 2 N–H and O–H groups in total. The molecule has 1 aliphatic heterocycles. The van der Waals surface area contributed by atoms with Crippen LogP contribution in [0.5, 0.6) is 0 Å². The molecule has 7 heteroatoms. The molecule has 1 aliphatic rings. The van der Waals surface area contributed by atoms with E-state index in [4.69, 9.17) is 0 Å². The second-order valence-corrected chi connectivity index (χ2v) is 7.48. The molecule has 2 aromatic carbocycles. The standard InChI is InChI=1S/C23H26N6O.3H2/c1-17-22(23(30)26-18-7-4-3-5-8-18)27-21(16-24-17)25-19-9-6-10-20(15-19)29-13-11-28(2)12-14-29;;;/h3-10,15-16H,11-14H2,1-2H3,(H,25,27)(H,26,30);3*1H. The van der Waals surface area contributed by atoms with E-state index in [1.165, 1.54) is 5.69 Å². The molecular formula is C23H32N6O. The zero-order valence-corrected chi connectivity index (χ0v) is 17.3. The molecule has 160 valence electrons. The summed E-state index contributed by atoms with van der Waals surface area (Å²) in [5.74, 6) is 0.260. The van der Waals surface area contributed by atoms with Crippen molar-refractivity contribution in [2.24, 2.45) is 0 Å². The Balaban J connectivity index is 0.00000181. The fourth-order valence-corrected chi connectivity index (χ4v) is 3.43. The van der Waals surface area contributed by atoms with E-state index in [9.17, 15) is 4.79 Å². The van der Waals surface area contributed by atoms with Gasteiger partial charge in [0, 0.05) is 47.5 Å². The molecule has 3 aromatic rings. The maximum absolute atomic E-state index is 12.7. The van der Waals surface area contributed by atoms with Gasteiger partial charge in [0.05, 0.1) is 11.9 Å². The number of nitrogens with one attached hydrogen (secondary N) is 2. The molecule has 30 heavy (non-hydrogen) atoms. The maximum Gasteiger partial charge on any atom is 0.276 e. The minimum Gasteiger partial charge on any atom is -0.369 e. The van der Waals surface area contributed by atoms with Crippen molar-refractivity contribution >= 4 is 28.8 Å². The molecule has 0 atom stereocenters. The fourth-order valence-electron chi connectivity index (χ4n) is 3.43. The van der Waals surface area contributed by atoms with Crippen LogP contribution in [0.15, 0.2) is 60.8 Å². The maximum atomic E-state index is 12.7. The number of amides is 1. The molecule has 1 aromatic heterocycles. The molecule has 0 aliphatic carbocycles. The number of piperazine rings is 1. The Morgan fingerprint density at radius 3 is 2.50 bits per heavy atom. The van der Waals surface area contributed by atoms with Gasteiger partial charge in [-0.05, 0) is 44.3 Å². The van der Waals surface area contributed by atoms with E-state index in [2.05, 4.69) is 49.6 Å². The number of carbonyl (C=O) groups excluding carboxylic acids is 1. The van der Waals surface area contributed by atoms with Crippen molar-refractivity contribution in [1.82, 2.24) is 14.9 Å². The summed E-state index contributed by atoms with van der Waals surface area (Å²) < 4.78 is 0. The topological polar surface area (TPSA) is 73.4 Å². The lowest BCUT2D eigenvalue weighted by Gasteiger charge is -2.34. The second-order valence-electron chi connectivity index (χ2n) is 7.48. The molecule has 0 unspecified atom stereocenters. The number of aryl methyl sites for hydroxylation is 1. The van der Waals surface area contributed by atoms with Gasteiger partial charge in [-0.1, -0.05) is 24.3 Å². The highest BCUT2D eigenvalue weighted by Gasteiger charge is 2.16. The Bertz CT molecular complexity index is 1030. The van der Waals surface area contributed by atoms with Crippen LogP contribution in [0.25, 0.3) is 0 Å². The SMILES string of the molecule is Cc1ncc(Nc2cccc(N3CCN(C)CC3)c2)nc1C(=O)Nc1ccccc1.[HH].[HH].[HH]. The molecular weight excluding hydrogens is 376 g/mol. The van der Waals surface area contributed by atoms with E-state index in [0.29, 0.717) is 17.2 Å². The van der Waals surface area contributed by atoms with E-state index in [1.54, 1.807) is 13.1 Å². The summed E-state index contributed by atoms with van der Waals surface area (Å²) in [6.45, 7) is 5.91. The lowest BCUT2D eigenvalue weighted by atomic mass is 10.2. The first kappa shape index (κ1) is 19.8. The largest absolute Gasteiger partial charge is 0.369 e. The van der Waals surface area contributed by atoms with Crippen LogP contribution in [0.4, 0.5) is 22.9 Å². The quantitative estimate of drug-likeness (QED) is 0.657. The van der Waals surface area contributed by atoms with Crippen LogP contribution in [-0.2, 0) is 0 Å². The zero-order chi connectivity index (χ0) is 20.9. The molecule has 1 amide bonds. The predicted molar refractivity (Wildman–Crippen MR) is 127 cm³/mol. The van der Waals surface area contributed by atoms with Crippen LogP contribution in [0, 0.1) is 6.92 Å². The average Bonchev–Trinajstić information content (AvgIpc) is 2.76. The third-order valence-corrected chi connectivity index (χ3v) is 5.19. The summed E-state index contributed by atoms with van der Waals surface area (Å²) >= 11 is 0. The minimum atomic E-state index is -0.277. The first-order valence-electron chi connectivity index (χ1n) is 10.1. The summed E-state index contributed by atoms with van der Waals surface area (Å²) in [6.07, 6.45) is 1.65. The number of hydrogen-bond acceptors (Lipinski definition) is 6. The molecule has 7 nitrogen and oxygen atoms in total. The Labute approximate surface area is 181 Å². The third kappa shape index (κ3) is 4.75. The van der Waals surface area contributed by atoms with Crippen molar-refractivity contribution in [1.29, 1.82) is 0 Å². The van der Waals surface area contributed by atoms with Gasteiger partial charge in [0.2, 0.25) is 0 Å². The van der Waals surface area contributed by atoms with Crippen molar-refractivity contribution in [3.05, 3.63) is 72.2 Å². The fraction of sp³-hybridized carbons (Fsp3) is 0.261. The Hall–Kier alpha value is -3.45. The molecule has 0 spiro atoms. The van der Waals surface area contributed by atoms with Crippen LogP contribution >= 0.6 is 0 Å². The van der Waals surface area contributed by atoms with Crippen molar-refractivity contribution in [2.45, 2.75) is 6.92 Å². The monoisotopic (exact) mass is 408 g/mol. The predicted octanol–water partition coefficient (Wildman–Crippen LogP) is 4.27. The number of aromatic nitrogens is 2. The first-order valence-corrected chi connectivity index (χ1v) is 10.1. The van der Waals surface area contributed by atoms with Crippen molar-refractivity contribution in [3.8, 4) is 0 Å². The van der Waals surface area contributed by atoms with Crippen LogP contribution in [-0.4, -0.2) is 54.0 Å². The molecule has 1 saturated heterocycles. The van der Waals surface area contributed by atoms with E-state index >= 15 is 0 Å². The number of anilines is 4. The van der Waals surface area contributed by atoms with Gasteiger partial charge in [-0.3, -0.25) is 9.78 Å². The summed E-state index contributed by atoms with van der Waals surface area (Å²) in [5, 5.41) is 6.15. The van der Waals surface area contributed by atoms with Crippen LogP contribution in [0.1, 0.15) is 20.5 Å². The van der Waals surface area contributed by atoms with Crippen molar-refractivity contribution < 1.29 is 9.07 Å². The minimum absolute atomic E-state index is 0. The summed E-state index contributed by atoms with van der Waals surface area (Å²) in [5.41, 5.74) is 3.70. The third-order valence-electron chi connectivity index (χ3n) is 5.19. The van der Waals surface area contributed by atoms with Gasteiger partial charge in [0.25, 0.3) is 5.91 Å². The molecule has 1 fully saturated rings. The normalized spacial score (nSPS) is 14.4. The van der Waals surface area contributed by atoms with Gasteiger partial charge in [-0.2, -0.15) is 0 Å². The zero-order valence-electron chi connectivity index (χ0n) is 17.3. The molecule has 2 heterocycles. The molecule has 0 bridgehead atoms. The smallest absolute Gasteiger partial charge is 0.276 e. The first-order chi connectivity index (χ1) is 14.6. The molecule has 0 saturated carbocycles. The van der Waals surface area contributed by atoms with E-state index < -0.39 is 0 Å². The lowest BCUT2D eigenvalue weighted by molar-refractivity contribution is 0.102. The molecule has 0 radical (unpaired) electrons. The number of para-hydroxylation sites is 1. The highest BCUT2D eigenvalue weighted by Crippen LogP contribution is 2.23. The number of likely N-dealkylation sites (N-methyl/N-ethyl adjacent to an activating group) is 1. The van der Waals surface area contributed by atoms with Crippen LogP contribution in [0.3, 0.4) is 0 Å². The van der Waals surface area contributed by atoms with E-state index in [-0.39, 0.29) is 10.2 Å².